The van der Waals surface area contributed by atoms with Gasteiger partial charge >= 0.3 is 6.18 Å². The molecular weight excluding hydrogens is 591 g/mol. The topological polar surface area (TPSA) is 86.8 Å². The third kappa shape index (κ3) is 7.83. The first-order valence-electron chi connectivity index (χ1n) is 13.3. The molecule has 0 heterocycles. The van der Waals surface area contributed by atoms with Crippen LogP contribution in [0.5, 0.6) is 0 Å². The van der Waals surface area contributed by atoms with E-state index in [1.54, 1.807) is 39.0 Å². The minimum atomic E-state index is -4.88. The third-order valence-corrected chi connectivity index (χ3v) is 8.69. The van der Waals surface area contributed by atoms with Gasteiger partial charge in [-0.1, -0.05) is 61.0 Å². The monoisotopic (exact) mass is 623 g/mol. The summed E-state index contributed by atoms with van der Waals surface area (Å²) in [4.78, 5) is 28.3. The third-order valence-electron chi connectivity index (χ3n) is 6.57. The summed E-state index contributed by atoms with van der Waals surface area (Å²) < 4.78 is 69.5. The number of nitrogens with zero attached hydrogens (tertiary/aromatic N) is 2. The molecule has 0 aromatic heterocycles. The first kappa shape index (κ1) is 32.9. The Labute approximate surface area is 249 Å². The molecule has 3 aromatic rings. The number of anilines is 1. The van der Waals surface area contributed by atoms with Gasteiger partial charge in [-0.2, -0.15) is 13.2 Å². The maximum Gasteiger partial charge on any atom is 0.417 e. The van der Waals surface area contributed by atoms with Gasteiger partial charge in [0.1, 0.15) is 12.6 Å². The van der Waals surface area contributed by atoms with Crippen molar-refractivity contribution in [3.05, 3.63) is 94.5 Å². The second-order valence-corrected chi connectivity index (χ2v) is 12.3. The molecule has 0 spiro atoms. The van der Waals surface area contributed by atoms with Gasteiger partial charge in [0.15, 0.2) is 0 Å². The highest BCUT2D eigenvalue weighted by Crippen LogP contribution is 2.38. The van der Waals surface area contributed by atoms with Crippen LogP contribution < -0.4 is 9.62 Å². The number of aryl methyl sites for hydroxylation is 1. The quantitative estimate of drug-likeness (QED) is 0.276. The molecular formula is C30H33ClF3N3O4S. The molecule has 42 heavy (non-hydrogen) atoms. The standard InChI is InChI=1S/C30H33ClF3N3O4S/c1-5-27(29(39)35-20(2)3)36(18-22-12-10-9-11-21(22)4)28(38)19-37(42(40,41)24-13-7-6-8-14-24)23-15-16-26(31)25(17-23)30(32,33)34/h6-17,20,27H,5,18-19H2,1-4H3,(H,35,39). The Bertz CT molecular complexity index is 1520. The number of hydrogen-bond acceptors (Lipinski definition) is 4. The van der Waals surface area contributed by atoms with E-state index < -0.39 is 56.9 Å². The van der Waals surface area contributed by atoms with E-state index in [2.05, 4.69) is 5.32 Å². The maximum atomic E-state index is 14.1. The number of benzene rings is 3. The number of carbonyl (C=O) groups excluding carboxylic acids is 2. The lowest BCUT2D eigenvalue weighted by Crippen LogP contribution is -2.53. The minimum absolute atomic E-state index is 0.0246. The molecule has 1 unspecified atom stereocenters. The van der Waals surface area contributed by atoms with E-state index in [9.17, 15) is 31.2 Å². The highest BCUT2D eigenvalue weighted by atomic mass is 35.5. The SMILES string of the molecule is CCC(C(=O)NC(C)C)N(Cc1ccccc1C)C(=O)CN(c1ccc(Cl)c(C(F)(F)F)c1)S(=O)(=O)c1ccccc1. The van der Waals surface area contributed by atoms with E-state index in [1.165, 1.54) is 29.2 Å². The normalized spacial score (nSPS) is 12.6. The van der Waals surface area contributed by atoms with Crippen LogP contribution in [0.15, 0.2) is 77.7 Å². The van der Waals surface area contributed by atoms with Crippen LogP contribution in [0.1, 0.15) is 43.9 Å². The van der Waals surface area contributed by atoms with Gasteiger partial charge in [0.05, 0.1) is 21.2 Å². The Hall–Kier alpha value is -3.57. The summed E-state index contributed by atoms with van der Waals surface area (Å²) in [6, 6.07) is 15.7. The molecule has 0 aliphatic rings. The van der Waals surface area contributed by atoms with E-state index in [4.69, 9.17) is 11.6 Å². The maximum absolute atomic E-state index is 14.1. The number of rotatable bonds is 11. The molecule has 3 aromatic carbocycles. The summed E-state index contributed by atoms with van der Waals surface area (Å²) in [5.74, 6) is -1.20. The van der Waals surface area contributed by atoms with Crippen molar-refractivity contribution in [2.45, 2.75) is 63.8 Å². The fourth-order valence-electron chi connectivity index (χ4n) is 4.41. The number of halogens is 4. The Morgan fingerprint density at radius 1 is 0.976 bits per heavy atom. The van der Waals surface area contributed by atoms with E-state index in [0.717, 1.165) is 23.3 Å². The highest BCUT2D eigenvalue weighted by molar-refractivity contribution is 7.92. The molecule has 0 fully saturated rings. The summed E-state index contributed by atoms with van der Waals surface area (Å²) >= 11 is 5.81. The summed E-state index contributed by atoms with van der Waals surface area (Å²) in [5.41, 5.74) is -0.0815. The van der Waals surface area contributed by atoms with Crippen LogP contribution in [-0.4, -0.2) is 43.8 Å². The Balaban J connectivity index is 2.15. The van der Waals surface area contributed by atoms with Crippen LogP contribution in [0, 0.1) is 6.92 Å². The van der Waals surface area contributed by atoms with Crippen LogP contribution in [-0.2, 0) is 32.3 Å². The van der Waals surface area contributed by atoms with Crippen LogP contribution in [0.25, 0.3) is 0 Å². The molecule has 0 aliphatic carbocycles. The predicted molar refractivity (Wildman–Crippen MR) is 157 cm³/mol. The largest absolute Gasteiger partial charge is 0.417 e. The molecule has 0 radical (unpaired) electrons. The highest BCUT2D eigenvalue weighted by Gasteiger charge is 2.37. The summed E-state index contributed by atoms with van der Waals surface area (Å²) in [5, 5.41) is 2.18. The lowest BCUT2D eigenvalue weighted by Gasteiger charge is -2.34. The van der Waals surface area contributed by atoms with Gasteiger partial charge in [-0.3, -0.25) is 13.9 Å². The first-order valence-corrected chi connectivity index (χ1v) is 15.1. The molecule has 0 saturated heterocycles. The van der Waals surface area contributed by atoms with Crippen molar-refractivity contribution < 1.29 is 31.2 Å². The van der Waals surface area contributed by atoms with Crippen molar-refractivity contribution in [2.24, 2.45) is 0 Å². The molecule has 0 aliphatic heterocycles. The lowest BCUT2D eigenvalue weighted by atomic mass is 10.1. The molecule has 226 valence electrons. The van der Waals surface area contributed by atoms with Crippen LogP contribution in [0.2, 0.25) is 5.02 Å². The van der Waals surface area contributed by atoms with Crippen molar-refractivity contribution >= 4 is 39.1 Å². The summed E-state index contributed by atoms with van der Waals surface area (Å²) in [6.45, 7) is 6.20. The van der Waals surface area contributed by atoms with Crippen molar-refractivity contribution in [1.82, 2.24) is 10.2 Å². The fourth-order valence-corrected chi connectivity index (χ4v) is 6.06. The predicted octanol–water partition coefficient (Wildman–Crippen LogP) is 6.19. The zero-order valence-electron chi connectivity index (χ0n) is 23.7. The van der Waals surface area contributed by atoms with Gasteiger partial charge in [-0.05, 0) is 68.7 Å². The van der Waals surface area contributed by atoms with E-state index in [0.29, 0.717) is 10.4 Å². The second kappa shape index (κ2) is 13.6. The van der Waals surface area contributed by atoms with Gasteiger partial charge < -0.3 is 10.2 Å². The molecule has 12 heteroatoms. The van der Waals surface area contributed by atoms with Crippen LogP contribution >= 0.6 is 11.6 Å². The second-order valence-electron chi connectivity index (χ2n) is 10.0. The van der Waals surface area contributed by atoms with E-state index >= 15 is 0 Å². The molecule has 3 rings (SSSR count). The summed E-state index contributed by atoms with van der Waals surface area (Å²) in [7, 11) is -4.54. The average Bonchev–Trinajstić information content (AvgIpc) is 2.92. The number of amides is 2. The van der Waals surface area contributed by atoms with Crippen molar-refractivity contribution in [3.63, 3.8) is 0 Å². The fraction of sp³-hybridized carbons (Fsp3) is 0.333. The zero-order chi connectivity index (χ0) is 31.2. The van der Waals surface area contributed by atoms with Crippen LogP contribution in [0.3, 0.4) is 0 Å². The molecule has 0 bridgehead atoms. The minimum Gasteiger partial charge on any atom is -0.352 e. The van der Waals surface area contributed by atoms with E-state index in [-0.39, 0.29) is 23.9 Å². The molecule has 1 N–H and O–H groups in total. The van der Waals surface area contributed by atoms with Gasteiger partial charge in [-0.25, -0.2) is 8.42 Å². The molecule has 2 amide bonds. The number of alkyl halides is 3. The number of sulfonamides is 1. The first-order chi connectivity index (χ1) is 19.7. The number of carbonyl (C=O) groups is 2. The smallest absolute Gasteiger partial charge is 0.352 e. The Morgan fingerprint density at radius 2 is 1.60 bits per heavy atom. The number of hydrogen-bond donors (Lipinski definition) is 1. The summed E-state index contributed by atoms with van der Waals surface area (Å²) in [6.07, 6.45) is -4.67. The van der Waals surface area contributed by atoms with Crippen molar-refractivity contribution in [1.29, 1.82) is 0 Å². The lowest BCUT2D eigenvalue weighted by molar-refractivity contribution is -0.140. The molecule has 0 saturated carbocycles. The molecule has 1 atom stereocenters. The van der Waals surface area contributed by atoms with Crippen LogP contribution in [0.4, 0.5) is 18.9 Å². The molecule has 7 nitrogen and oxygen atoms in total. The van der Waals surface area contributed by atoms with Crippen molar-refractivity contribution in [2.75, 3.05) is 10.8 Å². The average molecular weight is 624 g/mol. The number of nitrogens with one attached hydrogen (secondary N) is 1. The zero-order valence-corrected chi connectivity index (χ0v) is 25.2. The van der Waals surface area contributed by atoms with E-state index in [1.807, 2.05) is 19.1 Å². The Morgan fingerprint density at radius 3 is 2.17 bits per heavy atom. The van der Waals surface area contributed by atoms with Gasteiger partial charge in [0.2, 0.25) is 11.8 Å². The van der Waals surface area contributed by atoms with Crippen molar-refractivity contribution in [3.8, 4) is 0 Å². The Kier molecular flexibility index (Phi) is 10.7. The van der Waals surface area contributed by atoms with Gasteiger partial charge in [0, 0.05) is 12.6 Å². The van der Waals surface area contributed by atoms with Gasteiger partial charge in [0.25, 0.3) is 10.0 Å². The van der Waals surface area contributed by atoms with Gasteiger partial charge in [-0.15, -0.1) is 0 Å².